The first-order valence-electron chi connectivity index (χ1n) is 5.77. The highest BCUT2D eigenvalue weighted by atomic mass is 16.4. The molecule has 0 saturated heterocycles. The Morgan fingerprint density at radius 2 is 0.950 bits per heavy atom. The molecule has 0 aliphatic rings. The summed E-state index contributed by atoms with van der Waals surface area (Å²) in [6, 6.07) is 0. The van der Waals surface area contributed by atoms with Crippen LogP contribution in [0.2, 0.25) is 0 Å². The first-order chi connectivity index (χ1) is 8.97. The Bertz CT molecular complexity index is 232. The number of hydrogen-bond acceptors (Lipinski definition) is 4. The van der Waals surface area contributed by atoms with Gasteiger partial charge in [0, 0.05) is 27.2 Å². The smallest absolute Gasteiger partial charge is 0.303 e. The van der Waals surface area contributed by atoms with E-state index in [0.717, 1.165) is 40.0 Å². The van der Waals surface area contributed by atoms with Gasteiger partial charge in [-0.15, -0.1) is 0 Å². The van der Waals surface area contributed by atoms with Gasteiger partial charge in [-0.2, -0.15) is 0 Å². The lowest BCUT2D eigenvalue weighted by Gasteiger charge is -1.89. The molecule has 0 spiro atoms. The van der Waals surface area contributed by atoms with Crippen molar-refractivity contribution in [1.82, 2.24) is 0 Å². The molecule has 0 aromatic carbocycles. The summed E-state index contributed by atoms with van der Waals surface area (Å²) >= 11 is 0. The maximum atomic E-state index is 9.87. The van der Waals surface area contributed by atoms with E-state index < -0.39 is 23.9 Å². The quantitative estimate of drug-likeness (QED) is 0.575. The van der Waals surface area contributed by atoms with Crippen molar-refractivity contribution < 1.29 is 39.6 Å². The highest BCUT2D eigenvalue weighted by Gasteiger charge is 1.92. The Balaban J connectivity index is -0.0000000917. The summed E-state index contributed by atoms with van der Waals surface area (Å²) in [5.74, 6) is -3.18. The second-order valence-electron chi connectivity index (χ2n) is 3.41. The fourth-order valence-corrected chi connectivity index (χ4v) is 0.526. The molecule has 0 aliphatic carbocycles. The van der Waals surface area contributed by atoms with Gasteiger partial charge in [0.05, 0.1) is 0 Å². The lowest BCUT2D eigenvalue weighted by atomic mass is 10.2. The maximum absolute atomic E-state index is 9.87. The molecule has 20 heavy (non-hydrogen) atoms. The second-order valence-corrected chi connectivity index (χ2v) is 3.41. The minimum absolute atomic E-state index is 0.327. The summed E-state index contributed by atoms with van der Waals surface area (Å²) in [5, 5.41) is 30.4. The van der Waals surface area contributed by atoms with E-state index in [1.54, 1.807) is 0 Å². The zero-order chi connectivity index (χ0) is 17.1. The Kier molecular flexibility index (Phi) is 29.2. The van der Waals surface area contributed by atoms with E-state index >= 15 is 0 Å². The summed E-state index contributed by atoms with van der Waals surface area (Å²) in [6.07, 6.45) is 3.28. The molecule has 0 bridgehead atoms. The predicted octanol–water partition coefficient (Wildman–Crippen LogP) is 1.92. The second kappa shape index (κ2) is 22.1. The Morgan fingerprint density at radius 1 is 0.700 bits per heavy atom. The van der Waals surface area contributed by atoms with Crippen LogP contribution in [0, 0.1) is 0 Å². The van der Waals surface area contributed by atoms with Crippen molar-refractivity contribution >= 4 is 23.9 Å². The molecule has 0 heterocycles. The standard InChI is InChI=1S/C6H12O2.3C2H4O2/c1-2-3-4-5-6(7)8;3*1-2(3)4/h2-5H2,1H3,(H,7,8);3*1H3,(H,3,4). The molecule has 120 valence electrons. The van der Waals surface area contributed by atoms with Gasteiger partial charge in [-0.25, -0.2) is 0 Å². The Hall–Kier alpha value is -2.12. The SMILES string of the molecule is CC(=O)O.CC(=O)O.CC(=O)O.CCCCCC(=O)O. The molecule has 0 atom stereocenters. The van der Waals surface area contributed by atoms with E-state index in [0.29, 0.717) is 6.42 Å². The Labute approximate surface area is 118 Å². The van der Waals surface area contributed by atoms with Crippen LogP contribution in [0.15, 0.2) is 0 Å². The zero-order valence-electron chi connectivity index (χ0n) is 12.3. The molecule has 0 amide bonds. The largest absolute Gasteiger partial charge is 0.481 e. The van der Waals surface area contributed by atoms with E-state index in [9.17, 15) is 4.79 Å². The molecule has 0 unspecified atom stereocenters. The molecular formula is C12H24O8. The molecular weight excluding hydrogens is 272 g/mol. The summed E-state index contributed by atoms with van der Waals surface area (Å²) in [4.78, 5) is 36.9. The van der Waals surface area contributed by atoms with Crippen LogP contribution >= 0.6 is 0 Å². The molecule has 0 radical (unpaired) electrons. The molecule has 0 rings (SSSR count). The highest BCUT2D eigenvalue weighted by Crippen LogP contribution is 1.97. The van der Waals surface area contributed by atoms with Crippen molar-refractivity contribution in [3.8, 4) is 0 Å². The van der Waals surface area contributed by atoms with Crippen LogP contribution < -0.4 is 0 Å². The van der Waals surface area contributed by atoms with Crippen molar-refractivity contribution in [2.75, 3.05) is 0 Å². The average molecular weight is 296 g/mol. The third-order valence-corrected chi connectivity index (χ3v) is 0.994. The van der Waals surface area contributed by atoms with E-state index in [4.69, 9.17) is 34.8 Å². The van der Waals surface area contributed by atoms with Crippen molar-refractivity contribution in [3.05, 3.63) is 0 Å². The average Bonchev–Trinajstić information content (AvgIpc) is 2.14. The van der Waals surface area contributed by atoms with E-state index in [-0.39, 0.29) is 0 Å². The van der Waals surface area contributed by atoms with Crippen LogP contribution in [0.3, 0.4) is 0 Å². The summed E-state index contributed by atoms with van der Waals surface area (Å²) in [6.45, 7) is 5.31. The summed E-state index contributed by atoms with van der Waals surface area (Å²) in [7, 11) is 0. The summed E-state index contributed by atoms with van der Waals surface area (Å²) in [5.41, 5.74) is 0. The number of carbonyl (C=O) groups is 4. The monoisotopic (exact) mass is 296 g/mol. The third-order valence-electron chi connectivity index (χ3n) is 0.994. The molecule has 8 heteroatoms. The van der Waals surface area contributed by atoms with Gasteiger partial charge in [-0.3, -0.25) is 19.2 Å². The van der Waals surface area contributed by atoms with E-state index in [1.165, 1.54) is 0 Å². The fourth-order valence-electron chi connectivity index (χ4n) is 0.526. The predicted molar refractivity (Wildman–Crippen MR) is 71.7 cm³/mol. The van der Waals surface area contributed by atoms with Gasteiger partial charge in [-0.1, -0.05) is 19.8 Å². The normalized spacial score (nSPS) is 7.40. The van der Waals surface area contributed by atoms with Crippen molar-refractivity contribution in [2.24, 2.45) is 0 Å². The van der Waals surface area contributed by atoms with Gasteiger partial charge in [0.15, 0.2) is 0 Å². The molecule has 8 nitrogen and oxygen atoms in total. The lowest BCUT2D eigenvalue weighted by Crippen LogP contribution is -1.92. The number of carboxylic acid groups (broad SMARTS) is 4. The summed E-state index contributed by atoms with van der Waals surface area (Å²) < 4.78 is 0. The van der Waals surface area contributed by atoms with Gasteiger partial charge >= 0.3 is 5.97 Å². The van der Waals surface area contributed by atoms with E-state index in [1.807, 2.05) is 0 Å². The third kappa shape index (κ3) is 424. The van der Waals surface area contributed by atoms with Gasteiger partial charge in [0.2, 0.25) is 0 Å². The first-order valence-corrected chi connectivity index (χ1v) is 5.77. The van der Waals surface area contributed by atoms with Crippen molar-refractivity contribution in [2.45, 2.75) is 53.4 Å². The number of carboxylic acids is 4. The van der Waals surface area contributed by atoms with Gasteiger partial charge in [0.1, 0.15) is 0 Å². The fraction of sp³-hybridized carbons (Fsp3) is 0.667. The molecule has 0 aromatic heterocycles. The van der Waals surface area contributed by atoms with Gasteiger partial charge in [0.25, 0.3) is 17.9 Å². The topological polar surface area (TPSA) is 149 Å². The van der Waals surface area contributed by atoms with Gasteiger partial charge < -0.3 is 20.4 Å². The molecule has 0 saturated carbocycles. The van der Waals surface area contributed by atoms with Crippen LogP contribution in [0.5, 0.6) is 0 Å². The molecule has 4 N–H and O–H groups in total. The molecule has 0 aliphatic heterocycles. The number of rotatable bonds is 4. The molecule has 0 fully saturated rings. The highest BCUT2D eigenvalue weighted by molar-refractivity contribution is 5.66. The van der Waals surface area contributed by atoms with Crippen LogP contribution in [0.1, 0.15) is 53.4 Å². The van der Waals surface area contributed by atoms with Crippen molar-refractivity contribution in [3.63, 3.8) is 0 Å². The first kappa shape index (κ1) is 26.4. The van der Waals surface area contributed by atoms with Crippen molar-refractivity contribution in [1.29, 1.82) is 0 Å². The maximum Gasteiger partial charge on any atom is 0.303 e. The molecule has 0 aromatic rings. The van der Waals surface area contributed by atoms with Gasteiger partial charge in [-0.05, 0) is 6.42 Å². The zero-order valence-corrected chi connectivity index (χ0v) is 12.3. The number of unbranched alkanes of at least 4 members (excludes halogenated alkanes) is 2. The Morgan fingerprint density at radius 3 is 1.10 bits per heavy atom. The van der Waals surface area contributed by atoms with Crippen LogP contribution in [0.4, 0.5) is 0 Å². The number of aliphatic carboxylic acids is 4. The minimum Gasteiger partial charge on any atom is -0.481 e. The number of hydrogen-bond donors (Lipinski definition) is 4. The van der Waals surface area contributed by atoms with Crippen LogP contribution in [0.25, 0.3) is 0 Å². The van der Waals surface area contributed by atoms with E-state index in [2.05, 4.69) is 6.92 Å². The lowest BCUT2D eigenvalue weighted by molar-refractivity contribution is -0.137. The van der Waals surface area contributed by atoms with Crippen LogP contribution in [-0.4, -0.2) is 44.3 Å². The minimum atomic E-state index is -0.833. The van der Waals surface area contributed by atoms with Crippen LogP contribution in [-0.2, 0) is 19.2 Å².